The molecule has 1 saturated heterocycles. The first-order chi connectivity index (χ1) is 7.76. The van der Waals surface area contributed by atoms with Gasteiger partial charge in [-0.3, -0.25) is 4.90 Å². The molecule has 0 spiro atoms. The predicted molar refractivity (Wildman–Crippen MR) is 68.8 cm³/mol. The maximum atomic E-state index is 5.67. The second-order valence-corrected chi connectivity index (χ2v) is 4.89. The van der Waals surface area contributed by atoms with Crippen molar-refractivity contribution in [1.29, 1.82) is 0 Å². The summed E-state index contributed by atoms with van der Waals surface area (Å²) in [4.78, 5) is 2.56. The molecule has 0 aromatic carbocycles. The number of ether oxygens (including phenoxy) is 1. The zero-order valence-electron chi connectivity index (χ0n) is 11.2. The van der Waals surface area contributed by atoms with E-state index in [0.29, 0.717) is 12.1 Å². The zero-order chi connectivity index (χ0) is 11.8. The van der Waals surface area contributed by atoms with Gasteiger partial charge >= 0.3 is 0 Å². The van der Waals surface area contributed by atoms with E-state index in [2.05, 4.69) is 24.1 Å². The van der Waals surface area contributed by atoms with Gasteiger partial charge in [-0.25, -0.2) is 0 Å². The number of nitrogens with zero attached hydrogens (tertiary/aromatic N) is 1. The summed E-state index contributed by atoms with van der Waals surface area (Å²) in [5, 5.41) is 3.29. The lowest BCUT2D eigenvalue weighted by Crippen LogP contribution is -2.42. The molecule has 0 saturated carbocycles. The van der Waals surface area contributed by atoms with Crippen molar-refractivity contribution in [1.82, 2.24) is 10.2 Å². The molecule has 0 amide bonds. The van der Waals surface area contributed by atoms with Crippen LogP contribution >= 0.6 is 0 Å². The minimum absolute atomic E-state index is 0.477. The average Bonchev–Trinajstić information content (AvgIpc) is 2.34. The summed E-state index contributed by atoms with van der Waals surface area (Å²) < 4.78 is 5.67. The lowest BCUT2D eigenvalue weighted by molar-refractivity contribution is -0.0300. The van der Waals surface area contributed by atoms with E-state index in [-0.39, 0.29) is 0 Å². The summed E-state index contributed by atoms with van der Waals surface area (Å²) in [6.45, 7) is 8.89. The van der Waals surface area contributed by atoms with Gasteiger partial charge in [0.15, 0.2) is 0 Å². The number of hydrogen-bond acceptors (Lipinski definition) is 3. The molecule has 0 aromatic rings. The van der Waals surface area contributed by atoms with Crippen molar-refractivity contribution < 1.29 is 4.74 Å². The van der Waals surface area contributed by atoms with Crippen LogP contribution in [0.2, 0.25) is 0 Å². The minimum atomic E-state index is 0.477. The van der Waals surface area contributed by atoms with Crippen LogP contribution in [0.25, 0.3) is 0 Å². The van der Waals surface area contributed by atoms with Gasteiger partial charge in [0, 0.05) is 19.1 Å². The van der Waals surface area contributed by atoms with E-state index in [1.165, 1.54) is 25.8 Å². The molecule has 3 heteroatoms. The smallest absolute Gasteiger partial charge is 0.0700 e. The summed E-state index contributed by atoms with van der Waals surface area (Å²) in [6, 6.07) is 0.660. The second-order valence-electron chi connectivity index (χ2n) is 4.89. The van der Waals surface area contributed by atoms with Gasteiger partial charge in [0.1, 0.15) is 0 Å². The first kappa shape index (κ1) is 13.9. The number of unbranched alkanes of at least 4 members (excludes halogenated alkanes) is 1. The molecule has 16 heavy (non-hydrogen) atoms. The Kier molecular flexibility index (Phi) is 7.01. The number of morpholine rings is 1. The molecule has 2 atom stereocenters. The highest BCUT2D eigenvalue weighted by Crippen LogP contribution is 2.10. The van der Waals surface area contributed by atoms with Gasteiger partial charge in [-0.1, -0.05) is 13.3 Å². The average molecular weight is 228 g/mol. The molecule has 0 bridgehead atoms. The zero-order valence-corrected chi connectivity index (χ0v) is 11.2. The molecule has 0 aromatic heterocycles. The van der Waals surface area contributed by atoms with Gasteiger partial charge in [0.05, 0.1) is 12.7 Å². The van der Waals surface area contributed by atoms with Crippen LogP contribution in [0.3, 0.4) is 0 Å². The Balaban J connectivity index is 2.04. The van der Waals surface area contributed by atoms with Crippen LogP contribution in [0.4, 0.5) is 0 Å². The summed E-state index contributed by atoms with van der Waals surface area (Å²) in [5.74, 6) is 0. The van der Waals surface area contributed by atoms with Gasteiger partial charge in [0.2, 0.25) is 0 Å². The van der Waals surface area contributed by atoms with Crippen molar-refractivity contribution in [2.24, 2.45) is 0 Å². The molecule has 0 radical (unpaired) electrons. The van der Waals surface area contributed by atoms with E-state index in [1.807, 2.05) is 7.05 Å². The fraction of sp³-hybridized carbons (Fsp3) is 1.00. The predicted octanol–water partition coefficient (Wildman–Crippen LogP) is 1.88. The van der Waals surface area contributed by atoms with Crippen molar-refractivity contribution in [3.8, 4) is 0 Å². The molecule has 1 N–H and O–H groups in total. The van der Waals surface area contributed by atoms with Gasteiger partial charge < -0.3 is 10.1 Å². The summed E-state index contributed by atoms with van der Waals surface area (Å²) >= 11 is 0. The first-order valence-electron chi connectivity index (χ1n) is 6.77. The van der Waals surface area contributed by atoms with Crippen molar-refractivity contribution in [3.63, 3.8) is 0 Å². The molecule has 1 aliphatic heterocycles. The van der Waals surface area contributed by atoms with Crippen LogP contribution in [-0.4, -0.2) is 50.3 Å². The van der Waals surface area contributed by atoms with Crippen LogP contribution in [0.5, 0.6) is 0 Å². The van der Waals surface area contributed by atoms with Gasteiger partial charge in [-0.15, -0.1) is 0 Å². The third kappa shape index (κ3) is 5.28. The molecule has 0 aliphatic carbocycles. The maximum Gasteiger partial charge on any atom is 0.0700 e. The minimum Gasteiger partial charge on any atom is -0.376 e. The summed E-state index contributed by atoms with van der Waals surface area (Å²) in [5.41, 5.74) is 0. The van der Waals surface area contributed by atoms with Crippen LogP contribution in [0.1, 0.15) is 39.5 Å². The van der Waals surface area contributed by atoms with E-state index in [1.54, 1.807) is 0 Å². The van der Waals surface area contributed by atoms with Crippen LogP contribution < -0.4 is 5.32 Å². The molecule has 1 heterocycles. The van der Waals surface area contributed by atoms with E-state index < -0.39 is 0 Å². The van der Waals surface area contributed by atoms with Crippen molar-refractivity contribution in [3.05, 3.63) is 0 Å². The van der Waals surface area contributed by atoms with Crippen LogP contribution in [0.15, 0.2) is 0 Å². The number of rotatable bonds is 7. The maximum absolute atomic E-state index is 5.67. The van der Waals surface area contributed by atoms with E-state index in [4.69, 9.17) is 4.74 Å². The SMILES string of the molecule is CCC1CN(CCCCC(C)NC)CCO1. The molecule has 3 nitrogen and oxygen atoms in total. The van der Waals surface area contributed by atoms with Crippen LogP contribution in [-0.2, 0) is 4.74 Å². The van der Waals surface area contributed by atoms with E-state index >= 15 is 0 Å². The van der Waals surface area contributed by atoms with Crippen molar-refractivity contribution in [2.75, 3.05) is 33.3 Å². The highest BCUT2D eigenvalue weighted by Gasteiger charge is 2.17. The summed E-state index contributed by atoms with van der Waals surface area (Å²) in [6.07, 6.45) is 5.56. The first-order valence-corrected chi connectivity index (χ1v) is 6.77. The van der Waals surface area contributed by atoms with Gasteiger partial charge in [-0.05, 0) is 39.8 Å². The monoisotopic (exact) mass is 228 g/mol. The number of hydrogen-bond donors (Lipinski definition) is 1. The molecule has 1 fully saturated rings. The van der Waals surface area contributed by atoms with Crippen LogP contribution in [0, 0.1) is 0 Å². The lowest BCUT2D eigenvalue weighted by Gasteiger charge is -2.32. The molecule has 2 unspecified atom stereocenters. The Morgan fingerprint density at radius 1 is 1.44 bits per heavy atom. The van der Waals surface area contributed by atoms with Gasteiger partial charge in [-0.2, -0.15) is 0 Å². The molecular formula is C13H28N2O. The third-order valence-electron chi connectivity index (χ3n) is 3.53. The second kappa shape index (κ2) is 8.04. The van der Waals surface area contributed by atoms with Gasteiger partial charge in [0.25, 0.3) is 0 Å². The summed E-state index contributed by atoms with van der Waals surface area (Å²) in [7, 11) is 2.04. The molecule has 1 rings (SSSR count). The fourth-order valence-corrected chi connectivity index (χ4v) is 2.16. The third-order valence-corrected chi connectivity index (χ3v) is 3.53. The Hall–Kier alpha value is -0.120. The lowest BCUT2D eigenvalue weighted by atomic mass is 10.1. The molecule has 1 aliphatic rings. The topological polar surface area (TPSA) is 24.5 Å². The normalized spacial score (nSPS) is 24.6. The quantitative estimate of drug-likeness (QED) is 0.673. The molecular weight excluding hydrogens is 200 g/mol. The Morgan fingerprint density at radius 3 is 2.94 bits per heavy atom. The Morgan fingerprint density at radius 2 is 2.25 bits per heavy atom. The van der Waals surface area contributed by atoms with Crippen molar-refractivity contribution in [2.45, 2.75) is 51.7 Å². The Labute approximate surface area is 101 Å². The van der Waals surface area contributed by atoms with E-state index in [0.717, 1.165) is 26.1 Å². The molecule has 96 valence electrons. The van der Waals surface area contributed by atoms with Crippen molar-refractivity contribution >= 4 is 0 Å². The Bertz CT molecular complexity index is 175. The highest BCUT2D eigenvalue weighted by molar-refractivity contribution is 4.70. The largest absolute Gasteiger partial charge is 0.376 e. The fourth-order valence-electron chi connectivity index (χ4n) is 2.16. The number of nitrogens with one attached hydrogen (secondary N) is 1. The highest BCUT2D eigenvalue weighted by atomic mass is 16.5. The standard InChI is InChI=1S/C13H28N2O/c1-4-13-11-15(9-10-16-13)8-6-5-7-12(2)14-3/h12-14H,4-11H2,1-3H3. The van der Waals surface area contributed by atoms with E-state index in [9.17, 15) is 0 Å².